The molecule has 1 atom stereocenters. The molecule has 13 heteroatoms. The van der Waals surface area contributed by atoms with Crippen molar-refractivity contribution in [1.82, 2.24) is 20.0 Å². The largest absolute Gasteiger partial charge is 0.488 e. The van der Waals surface area contributed by atoms with Gasteiger partial charge >= 0.3 is 12.2 Å². The van der Waals surface area contributed by atoms with E-state index in [2.05, 4.69) is 5.32 Å². The molecule has 2 N–H and O–H groups in total. The Hall–Kier alpha value is -5.20. The van der Waals surface area contributed by atoms with Crippen LogP contribution in [-0.4, -0.2) is 101 Å². The third kappa shape index (κ3) is 9.24. The summed E-state index contributed by atoms with van der Waals surface area (Å²) in [6, 6.07) is 14.9. The molecule has 0 aliphatic carbocycles. The molecule has 0 bridgehead atoms. The Labute approximate surface area is 283 Å². The summed E-state index contributed by atoms with van der Waals surface area (Å²) in [5.41, 5.74) is 1.65. The van der Waals surface area contributed by atoms with Crippen LogP contribution < -0.4 is 10.1 Å². The van der Waals surface area contributed by atoms with Crippen LogP contribution in [0.15, 0.2) is 60.7 Å². The van der Waals surface area contributed by atoms with Crippen molar-refractivity contribution in [3.63, 3.8) is 0 Å². The quantitative estimate of drug-likeness (QED) is 0.325. The lowest BCUT2D eigenvalue weighted by Crippen LogP contribution is -2.50. The molecule has 260 valence electrons. The molecular formula is C36H40F2N4O7. The van der Waals surface area contributed by atoms with Gasteiger partial charge in [-0.25, -0.2) is 18.4 Å². The number of hydrogen-bond donors (Lipinski definition) is 2. The van der Waals surface area contributed by atoms with E-state index in [1.54, 1.807) is 67.0 Å². The second-order valence-electron chi connectivity index (χ2n) is 13.1. The van der Waals surface area contributed by atoms with Gasteiger partial charge in [-0.1, -0.05) is 12.1 Å². The van der Waals surface area contributed by atoms with Crippen LogP contribution in [0.2, 0.25) is 0 Å². The van der Waals surface area contributed by atoms with Crippen molar-refractivity contribution in [2.45, 2.75) is 45.3 Å². The summed E-state index contributed by atoms with van der Waals surface area (Å²) in [6.07, 6.45) is -1.16. The average Bonchev–Trinajstić information content (AvgIpc) is 3.53. The molecule has 0 saturated carbocycles. The van der Waals surface area contributed by atoms with Crippen LogP contribution >= 0.6 is 0 Å². The van der Waals surface area contributed by atoms with Crippen LogP contribution in [-0.2, 0) is 11.2 Å². The van der Waals surface area contributed by atoms with E-state index in [0.717, 1.165) is 0 Å². The summed E-state index contributed by atoms with van der Waals surface area (Å²) in [5.74, 6) is -1.15. The molecule has 2 aliphatic heterocycles. The number of halogens is 2. The van der Waals surface area contributed by atoms with Gasteiger partial charge in [0.05, 0.1) is 6.54 Å². The Morgan fingerprint density at radius 2 is 1.47 bits per heavy atom. The third-order valence-electron chi connectivity index (χ3n) is 8.23. The molecule has 3 aromatic rings. The first-order valence-electron chi connectivity index (χ1n) is 16.1. The number of carbonyl (C=O) groups excluding carboxylic acids is 3. The zero-order valence-corrected chi connectivity index (χ0v) is 27.7. The van der Waals surface area contributed by atoms with Crippen LogP contribution in [0.5, 0.6) is 5.75 Å². The topological polar surface area (TPSA) is 129 Å². The number of carboxylic acid groups (broad SMARTS) is 1. The number of ether oxygens (including phenoxy) is 2. The number of piperazine rings is 1. The first kappa shape index (κ1) is 35.1. The molecule has 3 aromatic carbocycles. The van der Waals surface area contributed by atoms with Gasteiger partial charge in [0.2, 0.25) is 0 Å². The Bertz CT molecular complexity index is 1700. The van der Waals surface area contributed by atoms with E-state index >= 15 is 0 Å². The number of amides is 4. The fraction of sp³-hybridized carbons (Fsp3) is 0.389. The molecule has 0 aromatic heterocycles. The predicted octanol–water partition coefficient (Wildman–Crippen LogP) is 5.43. The van der Waals surface area contributed by atoms with E-state index in [4.69, 9.17) is 9.47 Å². The highest BCUT2D eigenvalue weighted by atomic mass is 19.1. The Morgan fingerprint density at radius 3 is 2.08 bits per heavy atom. The molecule has 0 radical (unpaired) electrons. The maximum Gasteiger partial charge on any atom is 0.407 e. The molecular weight excluding hydrogens is 638 g/mol. The lowest BCUT2D eigenvalue weighted by molar-refractivity contribution is 0.0527. The van der Waals surface area contributed by atoms with Crippen LogP contribution in [0.4, 0.5) is 18.4 Å². The molecule has 2 fully saturated rings. The minimum Gasteiger partial charge on any atom is -0.488 e. The van der Waals surface area contributed by atoms with Crippen LogP contribution in [0.1, 0.15) is 53.5 Å². The molecule has 5 rings (SSSR count). The number of nitrogens with zero attached hydrogens (tertiary/aromatic N) is 3. The SMILES string of the molecule is CC(C)(C)OC(=O)NCCc1cc(F)cc(C(=O)N2CCN(C(=O)c3ccc(O[C@H]4CCN(C(=O)O)C4)c(-c4ccc(F)cc4)c3)CC2)c1. The minimum absolute atomic E-state index is 0.181. The van der Waals surface area contributed by atoms with Gasteiger partial charge in [0.25, 0.3) is 11.8 Å². The maximum atomic E-state index is 14.5. The first-order valence-corrected chi connectivity index (χ1v) is 16.1. The molecule has 0 unspecified atom stereocenters. The summed E-state index contributed by atoms with van der Waals surface area (Å²) in [4.78, 5) is 54.8. The van der Waals surface area contributed by atoms with Crippen molar-refractivity contribution in [3.8, 4) is 16.9 Å². The second kappa shape index (κ2) is 14.9. The highest BCUT2D eigenvalue weighted by Gasteiger charge is 2.30. The lowest BCUT2D eigenvalue weighted by Gasteiger charge is -2.35. The Kier molecular flexibility index (Phi) is 10.7. The third-order valence-corrected chi connectivity index (χ3v) is 8.23. The van der Waals surface area contributed by atoms with Gasteiger partial charge in [0, 0.05) is 62.4 Å². The highest BCUT2D eigenvalue weighted by Crippen LogP contribution is 2.34. The van der Waals surface area contributed by atoms with Crippen molar-refractivity contribution in [2.24, 2.45) is 0 Å². The van der Waals surface area contributed by atoms with E-state index in [1.807, 2.05) is 0 Å². The number of carbonyl (C=O) groups is 4. The normalized spacial score (nSPS) is 16.3. The van der Waals surface area contributed by atoms with E-state index < -0.39 is 29.4 Å². The van der Waals surface area contributed by atoms with Gasteiger partial charge in [-0.3, -0.25) is 9.59 Å². The van der Waals surface area contributed by atoms with Crippen molar-refractivity contribution in [1.29, 1.82) is 0 Å². The number of likely N-dealkylation sites (tertiary alicyclic amines) is 1. The smallest absolute Gasteiger partial charge is 0.407 e. The minimum atomic E-state index is -1.02. The van der Waals surface area contributed by atoms with Crippen LogP contribution in [0, 0.1) is 11.6 Å². The first-order chi connectivity index (χ1) is 23.3. The highest BCUT2D eigenvalue weighted by molar-refractivity contribution is 5.97. The van der Waals surface area contributed by atoms with Gasteiger partial charge in [0.15, 0.2) is 0 Å². The number of rotatable bonds is 8. The lowest BCUT2D eigenvalue weighted by atomic mass is 10.0. The Balaban J connectivity index is 1.22. The summed E-state index contributed by atoms with van der Waals surface area (Å²) >= 11 is 0. The van der Waals surface area contributed by atoms with E-state index in [9.17, 15) is 33.1 Å². The zero-order chi connectivity index (χ0) is 35.3. The van der Waals surface area contributed by atoms with Crippen molar-refractivity contribution in [3.05, 3.63) is 89.0 Å². The van der Waals surface area contributed by atoms with Gasteiger partial charge in [0.1, 0.15) is 29.1 Å². The standard InChI is InChI=1S/C36H40F2N4O7/c1-36(2,3)49-34(45)39-12-10-23-18-26(20-28(38)19-23)33(44)41-16-14-40(15-17-41)32(43)25-6-9-31(48-29-11-13-42(22-29)35(46)47)30(21-25)24-4-7-27(37)8-5-24/h4-9,18-21,29H,10-17,22H2,1-3H3,(H,39,45)(H,46,47)/t29-/m0/s1. The van der Waals surface area contributed by atoms with E-state index in [1.165, 1.54) is 29.2 Å². The number of alkyl carbamates (subject to hydrolysis) is 1. The van der Waals surface area contributed by atoms with Gasteiger partial charge in [-0.05, 0) is 86.8 Å². The van der Waals surface area contributed by atoms with Crippen LogP contribution in [0.3, 0.4) is 0 Å². The average molecular weight is 679 g/mol. The van der Waals surface area contributed by atoms with Gasteiger partial charge in [-0.2, -0.15) is 0 Å². The molecule has 2 heterocycles. The van der Waals surface area contributed by atoms with Crippen molar-refractivity contribution >= 4 is 24.0 Å². The summed E-state index contributed by atoms with van der Waals surface area (Å²) in [6.45, 7) is 7.01. The van der Waals surface area contributed by atoms with Crippen molar-refractivity contribution in [2.75, 3.05) is 45.8 Å². The number of nitrogens with one attached hydrogen (secondary N) is 1. The molecule has 2 saturated heterocycles. The van der Waals surface area contributed by atoms with E-state index in [-0.39, 0.29) is 62.8 Å². The van der Waals surface area contributed by atoms with Gasteiger partial charge < -0.3 is 34.6 Å². The molecule has 0 spiro atoms. The summed E-state index contributed by atoms with van der Waals surface area (Å²) < 4.78 is 39.6. The van der Waals surface area contributed by atoms with Crippen LogP contribution in [0.25, 0.3) is 11.1 Å². The maximum absolute atomic E-state index is 14.5. The summed E-state index contributed by atoms with van der Waals surface area (Å²) in [5, 5.41) is 11.9. The zero-order valence-electron chi connectivity index (χ0n) is 27.7. The molecule has 11 nitrogen and oxygen atoms in total. The fourth-order valence-electron chi connectivity index (χ4n) is 5.82. The molecule has 2 aliphatic rings. The monoisotopic (exact) mass is 678 g/mol. The van der Waals surface area contributed by atoms with E-state index in [0.29, 0.717) is 47.4 Å². The number of hydrogen-bond acceptors (Lipinski definition) is 6. The predicted molar refractivity (Wildman–Crippen MR) is 177 cm³/mol. The molecule has 4 amide bonds. The Morgan fingerprint density at radius 1 is 0.816 bits per heavy atom. The molecule has 49 heavy (non-hydrogen) atoms. The van der Waals surface area contributed by atoms with Crippen molar-refractivity contribution < 1.29 is 42.5 Å². The number of benzene rings is 3. The summed E-state index contributed by atoms with van der Waals surface area (Å²) in [7, 11) is 0. The fourth-order valence-corrected chi connectivity index (χ4v) is 5.82. The second-order valence-corrected chi connectivity index (χ2v) is 13.1. The van der Waals surface area contributed by atoms with Gasteiger partial charge in [-0.15, -0.1) is 0 Å².